The number of halogens is 1. The summed E-state index contributed by atoms with van der Waals surface area (Å²) >= 11 is 5.56. The van der Waals surface area contributed by atoms with Gasteiger partial charge in [-0.05, 0) is 6.08 Å². The third-order valence-electron chi connectivity index (χ3n) is 1.19. The topological polar surface area (TPSA) is 46.2 Å². The van der Waals surface area contributed by atoms with Crippen molar-refractivity contribution < 1.29 is 5.11 Å². The van der Waals surface area contributed by atoms with E-state index in [-0.39, 0.29) is 11.8 Å². The number of hydrogen-bond donors (Lipinski definition) is 2. The van der Waals surface area contributed by atoms with Crippen molar-refractivity contribution in [2.75, 3.05) is 0 Å². The Labute approximate surface area is 58.6 Å². The molecule has 0 aliphatic heterocycles. The van der Waals surface area contributed by atoms with E-state index in [1.807, 2.05) is 0 Å². The first kappa shape index (κ1) is 6.65. The summed E-state index contributed by atoms with van der Waals surface area (Å²) in [5, 5.41) is 9.35. The van der Waals surface area contributed by atoms with Gasteiger partial charge in [-0.15, -0.1) is 0 Å². The Bertz CT molecular complexity index is 174. The van der Waals surface area contributed by atoms with E-state index in [9.17, 15) is 0 Å². The van der Waals surface area contributed by atoms with Crippen LogP contribution in [0, 0.1) is 0 Å². The Morgan fingerprint density at radius 3 is 2.89 bits per heavy atom. The molecule has 3 heteroatoms. The molecule has 2 nitrogen and oxygen atoms in total. The average Bonchev–Trinajstić information content (AvgIpc) is 1.80. The lowest BCUT2D eigenvalue weighted by Crippen LogP contribution is -2.19. The van der Waals surface area contributed by atoms with Crippen molar-refractivity contribution in [1.29, 1.82) is 0 Å². The Morgan fingerprint density at radius 1 is 1.78 bits per heavy atom. The number of aliphatic hydroxyl groups excluding tert-OH is 1. The molecule has 0 aromatic carbocycles. The van der Waals surface area contributed by atoms with Crippen LogP contribution in [0.15, 0.2) is 22.9 Å². The van der Waals surface area contributed by atoms with E-state index in [0.29, 0.717) is 11.5 Å². The zero-order valence-corrected chi connectivity index (χ0v) is 5.60. The van der Waals surface area contributed by atoms with Crippen molar-refractivity contribution in [3.63, 3.8) is 0 Å². The van der Waals surface area contributed by atoms with E-state index in [2.05, 4.69) is 0 Å². The van der Waals surface area contributed by atoms with Gasteiger partial charge in [0.2, 0.25) is 0 Å². The molecule has 0 bridgehead atoms. The number of aliphatic hydroxyl groups is 1. The molecular formula is C6H8ClNO. The van der Waals surface area contributed by atoms with Crippen molar-refractivity contribution in [3.05, 3.63) is 22.9 Å². The van der Waals surface area contributed by atoms with Gasteiger partial charge in [-0.3, -0.25) is 0 Å². The first-order chi connectivity index (χ1) is 4.20. The summed E-state index contributed by atoms with van der Waals surface area (Å²) in [6.07, 6.45) is 3.79. The second kappa shape index (κ2) is 2.42. The van der Waals surface area contributed by atoms with Crippen LogP contribution >= 0.6 is 11.6 Å². The molecule has 3 N–H and O–H groups in total. The third-order valence-corrected chi connectivity index (χ3v) is 1.54. The standard InChI is InChI=1S/C6H8ClNO/c7-5-3-4(8)1-2-6(5)9/h1-2,4,9H,3,8H2. The van der Waals surface area contributed by atoms with Gasteiger partial charge in [0.05, 0.1) is 5.03 Å². The molecule has 0 aromatic heterocycles. The van der Waals surface area contributed by atoms with Crippen molar-refractivity contribution >= 4 is 11.6 Å². The Morgan fingerprint density at radius 2 is 2.44 bits per heavy atom. The molecule has 0 amide bonds. The Kier molecular flexibility index (Phi) is 1.78. The fourth-order valence-corrected chi connectivity index (χ4v) is 0.926. The molecule has 0 spiro atoms. The molecule has 0 radical (unpaired) electrons. The van der Waals surface area contributed by atoms with Crippen molar-refractivity contribution in [1.82, 2.24) is 0 Å². The zero-order valence-electron chi connectivity index (χ0n) is 4.84. The minimum absolute atomic E-state index is 0.0339. The smallest absolute Gasteiger partial charge is 0.129 e. The van der Waals surface area contributed by atoms with Gasteiger partial charge in [-0.25, -0.2) is 0 Å². The average molecular weight is 146 g/mol. The molecule has 0 saturated carbocycles. The number of hydrogen-bond acceptors (Lipinski definition) is 2. The lowest BCUT2D eigenvalue weighted by molar-refractivity contribution is 0.422. The predicted octanol–water partition coefficient (Wildman–Crippen LogP) is 1.28. The van der Waals surface area contributed by atoms with Gasteiger partial charge in [-0.2, -0.15) is 0 Å². The molecule has 1 atom stereocenters. The molecule has 1 rings (SSSR count). The van der Waals surface area contributed by atoms with E-state index in [1.54, 1.807) is 6.08 Å². The largest absolute Gasteiger partial charge is 0.507 e. The third kappa shape index (κ3) is 1.47. The van der Waals surface area contributed by atoms with Crippen LogP contribution in [-0.4, -0.2) is 11.1 Å². The minimum Gasteiger partial charge on any atom is -0.507 e. The van der Waals surface area contributed by atoms with Crippen LogP contribution in [-0.2, 0) is 0 Å². The van der Waals surface area contributed by atoms with Crippen LogP contribution in [0.4, 0.5) is 0 Å². The summed E-state index contributed by atoms with van der Waals surface area (Å²) in [4.78, 5) is 0. The van der Waals surface area contributed by atoms with Gasteiger partial charge < -0.3 is 10.8 Å². The number of allylic oxidation sites excluding steroid dienone is 1. The highest BCUT2D eigenvalue weighted by atomic mass is 35.5. The highest BCUT2D eigenvalue weighted by molar-refractivity contribution is 6.30. The van der Waals surface area contributed by atoms with Gasteiger partial charge in [0.15, 0.2) is 0 Å². The normalized spacial score (nSPS) is 27.1. The van der Waals surface area contributed by atoms with Crippen LogP contribution in [0.3, 0.4) is 0 Å². The molecule has 1 unspecified atom stereocenters. The fraction of sp³-hybridized carbons (Fsp3) is 0.333. The molecule has 0 saturated heterocycles. The first-order valence-electron chi connectivity index (χ1n) is 2.71. The molecule has 0 aromatic rings. The van der Waals surface area contributed by atoms with Crippen LogP contribution in [0.1, 0.15) is 6.42 Å². The van der Waals surface area contributed by atoms with E-state index >= 15 is 0 Å². The summed E-state index contributed by atoms with van der Waals surface area (Å²) in [6, 6.07) is -0.0339. The van der Waals surface area contributed by atoms with E-state index in [4.69, 9.17) is 22.4 Å². The highest BCUT2D eigenvalue weighted by Gasteiger charge is 2.09. The second-order valence-corrected chi connectivity index (χ2v) is 2.47. The lowest BCUT2D eigenvalue weighted by atomic mass is 10.1. The first-order valence-corrected chi connectivity index (χ1v) is 3.09. The van der Waals surface area contributed by atoms with E-state index in [1.165, 1.54) is 6.08 Å². The fourth-order valence-electron chi connectivity index (χ4n) is 0.685. The monoisotopic (exact) mass is 145 g/mol. The SMILES string of the molecule is NC1C=CC(O)=C(Cl)C1. The molecule has 0 fully saturated rings. The highest BCUT2D eigenvalue weighted by Crippen LogP contribution is 2.19. The van der Waals surface area contributed by atoms with E-state index < -0.39 is 0 Å². The van der Waals surface area contributed by atoms with Gasteiger partial charge in [0, 0.05) is 12.5 Å². The van der Waals surface area contributed by atoms with Gasteiger partial charge >= 0.3 is 0 Å². The van der Waals surface area contributed by atoms with Gasteiger partial charge in [0.1, 0.15) is 5.76 Å². The summed E-state index contributed by atoms with van der Waals surface area (Å²) < 4.78 is 0. The molecule has 50 valence electrons. The molecule has 1 aliphatic rings. The quantitative estimate of drug-likeness (QED) is 0.540. The summed E-state index contributed by atoms with van der Waals surface area (Å²) in [5.41, 5.74) is 5.47. The zero-order chi connectivity index (χ0) is 6.85. The van der Waals surface area contributed by atoms with Crippen molar-refractivity contribution in [2.45, 2.75) is 12.5 Å². The lowest BCUT2D eigenvalue weighted by Gasteiger charge is -2.10. The second-order valence-electron chi connectivity index (χ2n) is 2.02. The summed E-state index contributed by atoms with van der Waals surface area (Å²) in [7, 11) is 0. The van der Waals surface area contributed by atoms with Crippen LogP contribution in [0.25, 0.3) is 0 Å². The van der Waals surface area contributed by atoms with Crippen molar-refractivity contribution in [2.24, 2.45) is 5.73 Å². The summed E-state index contributed by atoms with van der Waals surface area (Å²) in [6.45, 7) is 0. The molecule has 1 aliphatic carbocycles. The maximum atomic E-state index is 8.90. The van der Waals surface area contributed by atoms with Crippen LogP contribution < -0.4 is 5.73 Å². The maximum absolute atomic E-state index is 8.90. The molecule has 0 heterocycles. The maximum Gasteiger partial charge on any atom is 0.129 e. The summed E-state index contributed by atoms with van der Waals surface area (Å²) in [5.74, 6) is 0.137. The van der Waals surface area contributed by atoms with Gasteiger partial charge in [0.25, 0.3) is 0 Å². The number of nitrogens with two attached hydrogens (primary N) is 1. The molecule has 9 heavy (non-hydrogen) atoms. The van der Waals surface area contributed by atoms with Crippen molar-refractivity contribution in [3.8, 4) is 0 Å². The Hall–Kier alpha value is -0.470. The Balaban J connectivity index is 2.75. The molecular weight excluding hydrogens is 138 g/mol. The minimum atomic E-state index is -0.0339. The predicted molar refractivity (Wildman–Crippen MR) is 37.2 cm³/mol. The van der Waals surface area contributed by atoms with Crippen LogP contribution in [0.2, 0.25) is 0 Å². The van der Waals surface area contributed by atoms with E-state index in [0.717, 1.165) is 0 Å². The number of rotatable bonds is 0. The van der Waals surface area contributed by atoms with Gasteiger partial charge in [-0.1, -0.05) is 17.7 Å². The van der Waals surface area contributed by atoms with Crippen LogP contribution in [0.5, 0.6) is 0 Å².